The van der Waals surface area contributed by atoms with Crippen molar-refractivity contribution in [3.05, 3.63) is 107 Å². The molecule has 32 heavy (non-hydrogen) atoms. The lowest BCUT2D eigenvalue weighted by atomic mass is 9.87. The molecular weight excluding hydrogens is 398 g/mol. The lowest BCUT2D eigenvalue weighted by Crippen LogP contribution is -2.30. The van der Waals surface area contributed by atoms with E-state index in [1.165, 1.54) is 5.56 Å². The largest absolute Gasteiger partial charge is 0.481 e. The molecule has 1 N–H and O–H groups in total. The number of nitrogens with zero attached hydrogens (tertiary/aromatic N) is 1. The van der Waals surface area contributed by atoms with Crippen molar-refractivity contribution in [2.75, 3.05) is 13.6 Å². The fourth-order valence-electron chi connectivity index (χ4n) is 3.94. The van der Waals surface area contributed by atoms with E-state index in [1.807, 2.05) is 55.6 Å². The predicted octanol–water partition coefficient (Wildman–Crippen LogP) is 5.12. The molecule has 0 aliphatic rings. The van der Waals surface area contributed by atoms with Crippen LogP contribution in [0.5, 0.6) is 0 Å². The number of carbonyl (C=O) groups excluding carboxylic acids is 1. The molecule has 0 aromatic heterocycles. The Labute approximate surface area is 190 Å². The molecule has 1 atom stereocenters. The Kier molecular flexibility index (Phi) is 8.61. The molecule has 166 valence electrons. The van der Waals surface area contributed by atoms with Gasteiger partial charge in [-0.15, -0.1) is 0 Å². The van der Waals surface area contributed by atoms with Crippen molar-refractivity contribution >= 4 is 11.9 Å². The zero-order valence-electron chi connectivity index (χ0n) is 18.6. The van der Waals surface area contributed by atoms with Crippen LogP contribution in [-0.2, 0) is 28.9 Å². The van der Waals surface area contributed by atoms with Gasteiger partial charge in [0.1, 0.15) is 0 Å². The van der Waals surface area contributed by atoms with Crippen LogP contribution in [0.1, 0.15) is 41.0 Å². The summed E-state index contributed by atoms with van der Waals surface area (Å²) in [4.78, 5) is 25.6. The fourth-order valence-corrected chi connectivity index (χ4v) is 3.94. The molecule has 4 heteroatoms. The summed E-state index contributed by atoms with van der Waals surface area (Å²) in [6.45, 7) is 0.688. The smallest absolute Gasteiger partial charge is 0.303 e. The van der Waals surface area contributed by atoms with Gasteiger partial charge in [0.05, 0.1) is 6.42 Å². The highest BCUT2D eigenvalue weighted by molar-refractivity contribution is 5.78. The van der Waals surface area contributed by atoms with Crippen molar-refractivity contribution in [3.63, 3.8) is 0 Å². The second-order valence-corrected chi connectivity index (χ2v) is 8.29. The molecule has 0 saturated carbocycles. The van der Waals surface area contributed by atoms with Crippen molar-refractivity contribution in [1.29, 1.82) is 0 Å². The molecule has 0 heterocycles. The Morgan fingerprint density at radius 3 is 2.16 bits per heavy atom. The van der Waals surface area contributed by atoms with Gasteiger partial charge in [0.15, 0.2) is 0 Å². The molecule has 0 spiro atoms. The topological polar surface area (TPSA) is 57.6 Å². The number of hydrogen-bond acceptors (Lipinski definition) is 2. The maximum Gasteiger partial charge on any atom is 0.303 e. The first kappa shape index (κ1) is 23.3. The van der Waals surface area contributed by atoms with E-state index in [-0.39, 0.29) is 18.2 Å². The third kappa shape index (κ3) is 7.38. The second-order valence-electron chi connectivity index (χ2n) is 8.29. The van der Waals surface area contributed by atoms with E-state index in [9.17, 15) is 9.59 Å². The average molecular weight is 430 g/mol. The summed E-state index contributed by atoms with van der Waals surface area (Å²) < 4.78 is 0. The number of benzene rings is 3. The molecule has 4 nitrogen and oxygen atoms in total. The van der Waals surface area contributed by atoms with E-state index < -0.39 is 5.97 Å². The third-order valence-corrected chi connectivity index (χ3v) is 5.81. The number of rotatable bonds is 11. The predicted molar refractivity (Wildman–Crippen MR) is 128 cm³/mol. The van der Waals surface area contributed by atoms with E-state index in [0.717, 1.165) is 29.5 Å². The lowest BCUT2D eigenvalue weighted by molar-refractivity contribution is -0.137. The maximum atomic E-state index is 12.7. The van der Waals surface area contributed by atoms with E-state index in [1.54, 1.807) is 4.90 Å². The van der Waals surface area contributed by atoms with Crippen LogP contribution < -0.4 is 0 Å². The van der Waals surface area contributed by atoms with Crippen molar-refractivity contribution in [2.45, 2.75) is 38.0 Å². The van der Waals surface area contributed by atoms with Gasteiger partial charge in [0, 0.05) is 20.0 Å². The van der Waals surface area contributed by atoms with Gasteiger partial charge in [0.2, 0.25) is 5.91 Å². The second kappa shape index (κ2) is 11.8. The number of likely N-dealkylation sites (N-methyl/N-ethyl adjacent to an activating group) is 1. The average Bonchev–Trinajstić information content (AvgIpc) is 2.81. The van der Waals surface area contributed by atoms with Crippen LogP contribution in [-0.4, -0.2) is 35.5 Å². The minimum atomic E-state index is -0.774. The summed E-state index contributed by atoms with van der Waals surface area (Å²) in [5.41, 5.74) is 4.49. The highest BCUT2D eigenvalue weighted by Crippen LogP contribution is 2.26. The van der Waals surface area contributed by atoms with Gasteiger partial charge in [-0.05, 0) is 47.4 Å². The van der Waals surface area contributed by atoms with E-state index in [0.29, 0.717) is 19.4 Å². The van der Waals surface area contributed by atoms with Crippen molar-refractivity contribution in [3.8, 4) is 0 Å². The molecule has 0 aliphatic heterocycles. The summed E-state index contributed by atoms with van der Waals surface area (Å²) in [7, 11) is 1.85. The molecular formula is C28H31NO3. The van der Waals surface area contributed by atoms with E-state index in [4.69, 9.17) is 5.11 Å². The number of aliphatic carboxylic acids is 1. The summed E-state index contributed by atoms with van der Waals surface area (Å²) in [5, 5.41) is 9.14. The normalized spacial score (nSPS) is 11.7. The monoisotopic (exact) mass is 429 g/mol. The quantitative estimate of drug-likeness (QED) is 0.460. The highest BCUT2D eigenvalue weighted by Gasteiger charge is 2.15. The van der Waals surface area contributed by atoms with E-state index in [2.05, 4.69) is 36.4 Å². The first-order valence-electron chi connectivity index (χ1n) is 11.1. The molecule has 0 saturated heterocycles. The summed E-state index contributed by atoms with van der Waals surface area (Å²) >= 11 is 0. The van der Waals surface area contributed by atoms with Crippen LogP contribution in [0.3, 0.4) is 0 Å². The molecule has 3 aromatic carbocycles. The third-order valence-electron chi connectivity index (χ3n) is 5.81. The van der Waals surface area contributed by atoms with Crippen LogP contribution in [0.4, 0.5) is 0 Å². The molecule has 0 aliphatic carbocycles. The van der Waals surface area contributed by atoms with Crippen LogP contribution in [0, 0.1) is 0 Å². The number of carboxylic acid groups (broad SMARTS) is 1. The molecule has 3 rings (SSSR count). The molecule has 1 unspecified atom stereocenters. The molecule has 1 amide bonds. The van der Waals surface area contributed by atoms with E-state index >= 15 is 0 Å². The number of hydrogen-bond donors (Lipinski definition) is 1. The van der Waals surface area contributed by atoms with Crippen LogP contribution >= 0.6 is 0 Å². The van der Waals surface area contributed by atoms with Crippen molar-refractivity contribution < 1.29 is 14.7 Å². The van der Waals surface area contributed by atoms with Gasteiger partial charge in [-0.2, -0.15) is 0 Å². The van der Waals surface area contributed by atoms with Gasteiger partial charge in [-0.25, -0.2) is 0 Å². The van der Waals surface area contributed by atoms with Crippen molar-refractivity contribution in [1.82, 2.24) is 4.90 Å². The Bertz CT molecular complexity index is 1000. The fraction of sp³-hybridized carbons (Fsp3) is 0.286. The summed E-state index contributed by atoms with van der Waals surface area (Å²) in [5.74, 6) is -0.542. The van der Waals surface area contributed by atoms with Gasteiger partial charge in [0.25, 0.3) is 0 Å². The first-order chi connectivity index (χ1) is 15.5. The standard InChI is InChI=1S/C28H31NO3/c1-29(18-17-22-9-4-2-5-10-22)27(30)21-24-12-8-11-23(19-24)20-26(15-16-28(31)32)25-13-6-3-7-14-25/h2-14,19,26H,15-18,20-21H2,1H3,(H,31,32). The zero-order chi connectivity index (χ0) is 22.8. The molecule has 0 fully saturated rings. The van der Waals surface area contributed by atoms with Crippen molar-refractivity contribution in [2.24, 2.45) is 0 Å². The number of carboxylic acids is 1. The SMILES string of the molecule is CN(CCc1ccccc1)C(=O)Cc1cccc(CC(CCC(=O)O)c2ccccc2)c1. The Morgan fingerprint density at radius 2 is 1.47 bits per heavy atom. The lowest BCUT2D eigenvalue weighted by Gasteiger charge is -2.19. The number of carbonyl (C=O) groups is 2. The van der Waals surface area contributed by atoms with Gasteiger partial charge >= 0.3 is 5.97 Å². The Morgan fingerprint density at radius 1 is 0.844 bits per heavy atom. The van der Waals surface area contributed by atoms with Gasteiger partial charge < -0.3 is 10.0 Å². The first-order valence-corrected chi connectivity index (χ1v) is 11.1. The van der Waals surface area contributed by atoms with Gasteiger partial charge in [-0.1, -0.05) is 84.9 Å². The summed E-state index contributed by atoms with van der Waals surface area (Å²) in [6, 6.07) is 28.4. The zero-order valence-corrected chi connectivity index (χ0v) is 18.6. The minimum absolute atomic E-state index is 0.101. The minimum Gasteiger partial charge on any atom is -0.481 e. The number of amides is 1. The Hall–Kier alpha value is -3.40. The van der Waals surface area contributed by atoms with Crippen LogP contribution in [0.25, 0.3) is 0 Å². The van der Waals surface area contributed by atoms with Crippen LogP contribution in [0.15, 0.2) is 84.9 Å². The Balaban J connectivity index is 1.61. The molecule has 3 aromatic rings. The summed E-state index contributed by atoms with van der Waals surface area (Å²) in [6.07, 6.45) is 2.69. The molecule has 0 radical (unpaired) electrons. The maximum absolute atomic E-state index is 12.7. The molecule has 0 bridgehead atoms. The highest BCUT2D eigenvalue weighted by atomic mass is 16.4. The van der Waals surface area contributed by atoms with Crippen LogP contribution in [0.2, 0.25) is 0 Å². The van der Waals surface area contributed by atoms with Gasteiger partial charge in [-0.3, -0.25) is 9.59 Å².